The first-order chi connectivity index (χ1) is 9.09. The molecule has 3 rings (SSSR count). The number of hydrogen-bond donors (Lipinski definition) is 1. The normalized spacial score (nSPS) is 18.6. The Hall–Kier alpha value is -1.31. The van der Waals surface area contributed by atoms with Crippen molar-refractivity contribution in [2.45, 2.75) is 31.9 Å². The Morgan fingerprint density at radius 3 is 3.05 bits per heavy atom. The lowest BCUT2D eigenvalue weighted by Crippen LogP contribution is -2.61. The Balaban J connectivity index is 1.72. The highest BCUT2D eigenvalue weighted by Crippen LogP contribution is 2.26. The Kier molecular flexibility index (Phi) is 3.12. The zero-order valence-electron chi connectivity index (χ0n) is 10.7. The molecule has 7 heteroatoms. The van der Waals surface area contributed by atoms with Gasteiger partial charge in [-0.1, -0.05) is 24.7 Å². The van der Waals surface area contributed by atoms with E-state index >= 15 is 0 Å². The summed E-state index contributed by atoms with van der Waals surface area (Å²) in [6.07, 6.45) is 1.81. The van der Waals surface area contributed by atoms with Gasteiger partial charge in [0.15, 0.2) is 0 Å². The molecule has 0 aliphatic carbocycles. The number of nitrogens with zero attached hydrogens (tertiary/aromatic N) is 4. The quantitative estimate of drug-likeness (QED) is 0.883. The molecule has 1 saturated heterocycles. The van der Waals surface area contributed by atoms with Crippen molar-refractivity contribution in [2.75, 3.05) is 13.1 Å². The standard InChI is InChI=1S/C12H16N4O2S/c1-2-3-12(18)6-15(7-12)5-9-4-10(17)16-11(14-9)19-8-13-16/h4,8,18H,2-3,5-7H2,1H3. The predicted octanol–water partition coefficient (Wildman–Crippen LogP) is 0.498. The van der Waals surface area contributed by atoms with Gasteiger partial charge in [0.05, 0.1) is 11.3 Å². The van der Waals surface area contributed by atoms with E-state index in [1.165, 1.54) is 21.9 Å². The minimum absolute atomic E-state index is 0.148. The first kappa shape index (κ1) is 12.7. The molecule has 2 aromatic heterocycles. The van der Waals surface area contributed by atoms with Crippen LogP contribution in [0.5, 0.6) is 0 Å². The summed E-state index contributed by atoms with van der Waals surface area (Å²) in [6.45, 7) is 3.99. The van der Waals surface area contributed by atoms with Gasteiger partial charge in [0.2, 0.25) is 4.96 Å². The van der Waals surface area contributed by atoms with Gasteiger partial charge in [0, 0.05) is 25.7 Å². The van der Waals surface area contributed by atoms with E-state index in [1.54, 1.807) is 5.51 Å². The summed E-state index contributed by atoms with van der Waals surface area (Å²) in [7, 11) is 0. The fraction of sp³-hybridized carbons (Fsp3) is 0.583. The molecule has 1 aliphatic heterocycles. The van der Waals surface area contributed by atoms with Crippen molar-refractivity contribution < 1.29 is 5.11 Å². The molecular formula is C12H16N4O2S. The number of aromatic nitrogens is 3. The van der Waals surface area contributed by atoms with E-state index in [0.29, 0.717) is 24.6 Å². The maximum atomic E-state index is 11.8. The van der Waals surface area contributed by atoms with E-state index in [0.717, 1.165) is 18.5 Å². The summed E-state index contributed by atoms with van der Waals surface area (Å²) < 4.78 is 1.30. The highest BCUT2D eigenvalue weighted by Gasteiger charge is 2.40. The van der Waals surface area contributed by atoms with Crippen molar-refractivity contribution in [1.82, 2.24) is 19.5 Å². The predicted molar refractivity (Wildman–Crippen MR) is 72.3 cm³/mol. The van der Waals surface area contributed by atoms with Crippen LogP contribution in [0.4, 0.5) is 0 Å². The molecule has 0 spiro atoms. The third-order valence-corrected chi connectivity index (χ3v) is 4.05. The van der Waals surface area contributed by atoms with Crippen LogP contribution in [0.1, 0.15) is 25.5 Å². The SMILES string of the molecule is CCCC1(O)CN(Cc2cc(=O)n3ncsc3n2)C1. The minimum atomic E-state index is -0.543. The molecule has 19 heavy (non-hydrogen) atoms. The molecule has 0 aromatic carbocycles. The van der Waals surface area contributed by atoms with Crippen LogP contribution in [0.3, 0.4) is 0 Å². The van der Waals surface area contributed by atoms with Gasteiger partial charge in [0.25, 0.3) is 5.56 Å². The third-order valence-electron chi connectivity index (χ3n) is 3.38. The summed E-state index contributed by atoms with van der Waals surface area (Å²) >= 11 is 1.35. The lowest BCUT2D eigenvalue weighted by Gasteiger charge is -2.46. The minimum Gasteiger partial charge on any atom is -0.387 e. The number of rotatable bonds is 4. The molecule has 0 atom stereocenters. The molecule has 0 amide bonds. The average Bonchev–Trinajstić information content (AvgIpc) is 2.76. The van der Waals surface area contributed by atoms with Gasteiger partial charge in [-0.3, -0.25) is 9.69 Å². The van der Waals surface area contributed by atoms with E-state index in [9.17, 15) is 9.90 Å². The van der Waals surface area contributed by atoms with Crippen molar-refractivity contribution in [1.29, 1.82) is 0 Å². The van der Waals surface area contributed by atoms with Crippen LogP contribution in [0.25, 0.3) is 4.96 Å². The van der Waals surface area contributed by atoms with Crippen LogP contribution in [0.2, 0.25) is 0 Å². The molecule has 6 nitrogen and oxygen atoms in total. The molecule has 2 aromatic rings. The zero-order chi connectivity index (χ0) is 13.5. The smallest absolute Gasteiger partial charge is 0.275 e. The molecule has 1 fully saturated rings. The summed E-state index contributed by atoms with van der Waals surface area (Å²) in [5.74, 6) is 0. The number of hydrogen-bond acceptors (Lipinski definition) is 6. The fourth-order valence-electron chi connectivity index (χ4n) is 2.63. The summed E-state index contributed by atoms with van der Waals surface area (Å²) in [5.41, 5.74) is 1.66. The Morgan fingerprint density at radius 2 is 2.32 bits per heavy atom. The summed E-state index contributed by atoms with van der Waals surface area (Å²) in [6, 6.07) is 1.52. The van der Waals surface area contributed by atoms with Crippen molar-refractivity contribution in [3.05, 3.63) is 27.6 Å². The lowest BCUT2D eigenvalue weighted by atomic mass is 9.89. The summed E-state index contributed by atoms with van der Waals surface area (Å²) in [5, 5.41) is 14.0. The maximum absolute atomic E-state index is 11.8. The van der Waals surface area contributed by atoms with Crippen molar-refractivity contribution >= 4 is 16.3 Å². The number of aliphatic hydroxyl groups is 1. The Labute approximate surface area is 114 Å². The molecule has 0 saturated carbocycles. The van der Waals surface area contributed by atoms with Crippen LogP contribution >= 0.6 is 11.3 Å². The van der Waals surface area contributed by atoms with Gasteiger partial charge in [-0.2, -0.15) is 9.61 Å². The van der Waals surface area contributed by atoms with Crippen LogP contribution in [0.15, 0.2) is 16.4 Å². The van der Waals surface area contributed by atoms with E-state index in [-0.39, 0.29) is 5.56 Å². The van der Waals surface area contributed by atoms with Gasteiger partial charge in [-0.15, -0.1) is 0 Å². The topological polar surface area (TPSA) is 70.7 Å². The molecule has 102 valence electrons. The monoisotopic (exact) mass is 280 g/mol. The largest absolute Gasteiger partial charge is 0.387 e. The molecular weight excluding hydrogens is 264 g/mol. The van der Waals surface area contributed by atoms with Gasteiger partial charge in [-0.25, -0.2) is 4.98 Å². The van der Waals surface area contributed by atoms with Gasteiger partial charge < -0.3 is 5.11 Å². The van der Waals surface area contributed by atoms with E-state index in [1.807, 2.05) is 0 Å². The highest BCUT2D eigenvalue weighted by atomic mass is 32.1. The highest BCUT2D eigenvalue weighted by molar-refractivity contribution is 7.14. The molecule has 3 heterocycles. The van der Waals surface area contributed by atoms with E-state index in [2.05, 4.69) is 21.9 Å². The number of β-amino-alcohol motifs (C(OH)–C–C–N with tert-alkyl or cyclic N) is 1. The second-order valence-electron chi connectivity index (χ2n) is 5.14. The number of likely N-dealkylation sites (tertiary alicyclic amines) is 1. The first-order valence-electron chi connectivity index (χ1n) is 6.37. The first-order valence-corrected chi connectivity index (χ1v) is 7.25. The van der Waals surface area contributed by atoms with Crippen LogP contribution in [-0.2, 0) is 6.54 Å². The summed E-state index contributed by atoms with van der Waals surface area (Å²) in [4.78, 5) is 18.9. The molecule has 0 unspecified atom stereocenters. The van der Waals surface area contributed by atoms with E-state index < -0.39 is 5.60 Å². The maximum Gasteiger partial charge on any atom is 0.275 e. The zero-order valence-corrected chi connectivity index (χ0v) is 11.6. The molecule has 1 N–H and O–H groups in total. The lowest BCUT2D eigenvalue weighted by molar-refractivity contribution is -0.107. The third kappa shape index (κ3) is 2.41. The second-order valence-corrected chi connectivity index (χ2v) is 5.95. The Bertz CT molecular complexity index is 644. The molecule has 1 aliphatic rings. The average molecular weight is 280 g/mol. The van der Waals surface area contributed by atoms with Crippen LogP contribution in [-0.4, -0.2) is 43.3 Å². The fourth-order valence-corrected chi connectivity index (χ4v) is 3.27. The van der Waals surface area contributed by atoms with Crippen molar-refractivity contribution in [3.63, 3.8) is 0 Å². The van der Waals surface area contributed by atoms with Gasteiger partial charge in [-0.05, 0) is 6.42 Å². The van der Waals surface area contributed by atoms with Crippen LogP contribution < -0.4 is 5.56 Å². The van der Waals surface area contributed by atoms with E-state index in [4.69, 9.17) is 0 Å². The van der Waals surface area contributed by atoms with Crippen molar-refractivity contribution in [2.24, 2.45) is 0 Å². The Morgan fingerprint density at radius 1 is 1.53 bits per heavy atom. The second kappa shape index (κ2) is 4.66. The van der Waals surface area contributed by atoms with Gasteiger partial charge in [0.1, 0.15) is 5.51 Å². The number of fused-ring (bicyclic) bond motifs is 1. The molecule has 0 bridgehead atoms. The van der Waals surface area contributed by atoms with Crippen molar-refractivity contribution in [3.8, 4) is 0 Å². The van der Waals surface area contributed by atoms with Crippen LogP contribution in [0, 0.1) is 0 Å². The molecule has 0 radical (unpaired) electrons. The van der Waals surface area contributed by atoms with Gasteiger partial charge >= 0.3 is 0 Å².